The van der Waals surface area contributed by atoms with Crippen molar-refractivity contribution in [3.63, 3.8) is 0 Å². The van der Waals surface area contributed by atoms with Gasteiger partial charge in [0.05, 0.1) is 13.2 Å². The van der Waals surface area contributed by atoms with E-state index in [-0.39, 0.29) is 18.4 Å². The van der Waals surface area contributed by atoms with Gasteiger partial charge in [0.25, 0.3) is 0 Å². The molecule has 1 aliphatic rings. The van der Waals surface area contributed by atoms with E-state index in [4.69, 9.17) is 14.2 Å². The van der Waals surface area contributed by atoms with Crippen molar-refractivity contribution in [2.24, 2.45) is 5.92 Å². The van der Waals surface area contributed by atoms with Crippen LogP contribution in [-0.4, -0.2) is 31.6 Å². The van der Waals surface area contributed by atoms with Crippen LogP contribution in [-0.2, 0) is 19.0 Å². The van der Waals surface area contributed by atoms with Gasteiger partial charge in [0.2, 0.25) is 0 Å². The summed E-state index contributed by atoms with van der Waals surface area (Å²) >= 11 is 0. The average Bonchev–Trinajstić information content (AvgIpc) is 2.83. The van der Waals surface area contributed by atoms with Crippen LogP contribution in [0.3, 0.4) is 0 Å². The number of carbonyl (C=O) groups excluding carboxylic acids is 1. The van der Waals surface area contributed by atoms with E-state index in [2.05, 4.69) is 45.1 Å². The number of carbonyl (C=O) groups is 1. The SMILES string of the molecule is CCCCCC=CCC=CCCCCCCCC(=O)OC1COC(C(CC)CCCC)OC1. The van der Waals surface area contributed by atoms with E-state index in [0.29, 0.717) is 25.6 Å². The largest absolute Gasteiger partial charge is 0.457 e. The topological polar surface area (TPSA) is 44.8 Å². The summed E-state index contributed by atoms with van der Waals surface area (Å²) in [6.45, 7) is 7.56. The quantitative estimate of drug-likeness (QED) is 0.103. The molecule has 1 fully saturated rings. The molecule has 33 heavy (non-hydrogen) atoms. The average molecular weight is 465 g/mol. The van der Waals surface area contributed by atoms with Gasteiger partial charge in [-0.3, -0.25) is 4.79 Å². The lowest BCUT2D eigenvalue weighted by Gasteiger charge is -2.33. The molecule has 0 N–H and O–H groups in total. The molecule has 192 valence electrons. The zero-order valence-corrected chi connectivity index (χ0v) is 21.9. The molecule has 4 nitrogen and oxygen atoms in total. The summed E-state index contributed by atoms with van der Waals surface area (Å²) in [4.78, 5) is 12.1. The normalized spacial score (nSPS) is 20.0. The molecule has 1 heterocycles. The van der Waals surface area contributed by atoms with Gasteiger partial charge in [-0.2, -0.15) is 0 Å². The first kappa shape index (κ1) is 29.9. The summed E-state index contributed by atoms with van der Waals surface area (Å²) < 4.78 is 17.3. The molecule has 1 unspecified atom stereocenters. The van der Waals surface area contributed by atoms with Crippen molar-refractivity contribution < 1.29 is 19.0 Å². The van der Waals surface area contributed by atoms with Crippen molar-refractivity contribution in [3.8, 4) is 0 Å². The van der Waals surface area contributed by atoms with Gasteiger partial charge in [-0.25, -0.2) is 0 Å². The molecule has 1 saturated heterocycles. The second-order valence-electron chi connectivity index (χ2n) is 9.44. The number of unbranched alkanes of at least 4 members (excludes halogenated alkanes) is 9. The van der Waals surface area contributed by atoms with Crippen molar-refractivity contribution in [1.29, 1.82) is 0 Å². The van der Waals surface area contributed by atoms with Gasteiger partial charge < -0.3 is 14.2 Å². The molecule has 0 aromatic carbocycles. The van der Waals surface area contributed by atoms with Crippen LogP contribution in [0.15, 0.2) is 24.3 Å². The summed E-state index contributed by atoms with van der Waals surface area (Å²) in [5, 5.41) is 0. The van der Waals surface area contributed by atoms with Crippen LogP contribution in [0.5, 0.6) is 0 Å². The van der Waals surface area contributed by atoms with E-state index in [1.165, 1.54) is 57.8 Å². The van der Waals surface area contributed by atoms with E-state index in [1.54, 1.807) is 0 Å². The Hall–Kier alpha value is -1.13. The molecule has 0 saturated carbocycles. The standard InChI is InChI=1S/C29H52O4/c1-4-7-9-10-11-12-13-14-15-16-17-18-19-20-21-23-28(30)33-27-24-31-29(32-25-27)26(6-3)22-8-5-2/h11-12,14-15,26-27,29H,4-10,13,16-25H2,1-3H3. The lowest BCUT2D eigenvalue weighted by molar-refractivity contribution is -0.245. The molecule has 1 aliphatic heterocycles. The molecule has 1 atom stereocenters. The van der Waals surface area contributed by atoms with Gasteiger partial charge in [-0.1, -0.05) is 90.0 Å². The molecule has 1 rings (SSSR count). The highest BCUT2D eigenvalue weighted by Crippen LogP contribution is 2.24. The van der Waals surface area contributed by atoms with Crippen LogP contribution < -0.4 is 0 Å². The van der Waals surface area contributed by atoms with Crippen molar-refractivity contribution in [2.45, 2.75) is 136 Å². The summed E-state index contributed by atoms with van der Waals surface area (Å²) in [6, 6.07) is 0. The van der Waals surface area contributed by atoms with Crippen LogP contribution >= 0.6 is 0 Å². The van der Waals surface area contributed by atoms with E-state index < -0.39 is 0 Å². The number of esters is 1. The third-order valence-electron chi connectivity index (χ3n) is 6.36. The Bertz CT molecular complexity index is 506. The maximum Gasteiger partial charge on any atom is 0.306 e. The van der Waals surface area contributed by atoms with Gasteiger partial charge in [-0.05, 0) is 51.4 Å². The lowest BCUT2D eigenvalue weighted by Crippen LogP contribution is -2.41. The number of hydrogen-bond donors (Lipinski definition) is 0. The molecule has 0 aliphatic carbocycles. The number of rotatable bonds is 20. The first-order valence-electron chi connectivity index (χ1n) is 13.9. The van der Waals surface area contributed by atoms with Crippen LogP contribution in [0, 0.1) is 5.92 Å². The summed E-state index contributed by atoms with van der Waals surface area (Å²) in [6.07, 6.45) is 26.9. The van der Waals surface area contributed by atoms with Crippen LogP contribution in [0.1, 0.15) is 124 Å². The van der Waals surface area contributed by atoms with Gasteiger partial charge in [0.1, 0.15) is 6.10 Å². The Morgan fingerprint density at radius 2 is 1.42 bits per heavy atom. The van der Waals surface area contributed by atoms with Crippen LogP contribution in [0.25, 0.3) is 0 Å². The molecule has 0 bridgehead atoms. The molecule has 0 amide bonds. The molecule has 0 radical (unpaired) electrons. The Morgan fingerprint density at radius 1 is 0.818 bits per heavy atom. The first-order chi connectivity index (χ1) is 16.2. The number of ether oxygens (including phenoxy) is 3. The second-order valence-corrected chi connectivity index (χ2v) is 9.44. The minimum atomic E-state index is -0.254. The van der Waals surface area contributed by atoms with E-state index in [0.717, 1.165) is 38.5 Å². The monoisotopic (exact) mass is 464 g/mol. The fourth-order valence-electron chi connectivity index (χ4n) is 4.17. The van der Waals surface area contributed by atoms with E-state index in [9.17, 15) is 4.79 Å². The minimum Gasteiger partial charge on any atom is -0.457 e. The summed E-state index contributed by atoms with van der Waals surface area (Å²) in [5.74, 6) is 0.323. The number of allylic oxidation sites excluding steroid dienone is 4. The molecular weight excluding hydrogens is 412 g/mol. The van der Waals surface area contributed by atoms with Gasteiger partial charge >= 0.3 is 5.97 Å². The van der Waals surface area contributed by atoms with Crippen LogP contribution in [0.4, 0.5) is 0 Å². The number of hydrogen-bond acceptors (Lipinski definition) is 4. The third-order valence-corrected chi connectivity index (χ3v) is 6.36. The van der Waals surface area contributed by atoms with Gasteiger partial charge in [0.15, 0.2) is 6.29 Å². The van der Waals surface area contributed by atoms with E-state index in [1.807, 2.05) is 0 Å². The van der Waals surface area contributed by atoms with Crippen LogP contribution in [0.2, 0.25) is 0 Å². The highest BCUT2D eigenvalue weighted by Gasteiger charge is 2.29. The zero-order chi connectivity index (χ0) is 24.0. The first-order valence-corrected chi connectivity index (χ1v) is 13.9. The fourth-order valence-corrected chi connectivity index (χ4v) is 4.17. The maximum absolute atomic E-state index is 12.1. The highest BCUT2D eigenvalue weighted by atomic mass is 16.7. The summed E-state index contributed by atoms with van der Waals surface area (Å²) in [7, 11) is 0. The van der Waals surface area contributed by atoms with Crippen molar-refractivity contribution >= 4 is 5.97 Å². The highest BCUT2D eigenvalue weighted by molar-refractivity contribution is 5.69. The molecule has 4 heteroatoms. The lowest BCUT2D eigenvalue weighted by atomic mass is 9.98. The molecule has 0 aromatic rings. The Morgan fingerprint density at radius 3 is 2.06 bits per heavy atom. The van der Waals surface area contributed by atoms with Gasteiger partial charge in [0, 0.05) is 12.3 Å². The van der Waals surface area contributed by atoms with Crippen molar-refractivity contribution in [1.82, 2.24) is 0 Å². The predicted molar refractivity (Wildman–Crippen MR) is 138 cm³/mol. The Balaban J connectivity index is 1.96. The summed E-state index contributed by atoms with van der Waals surface area (Å²) in [5.41, 5.74) is 0. The third kappa shape index (κ3) is 16.2. The molecule has 0 aromatic heterocycles. The Labute approximate surface area is 204 Å². The predicted octanol–water partition coefficient (Wildman–Crippen LogP) is 8.30. The fraction of sp³-hybridized carbons (Fsp3) is 0.828. The zero-order valence-electron chi connectivity index (χ0n) is 21.9. The smallest absolute Gasteiger partial charge is 0.306 e. The van der Waals surface area contributed by atoms with Crippen molar-refractivity contribution in [2.75, 3.05) is 13.2 Å². The molecule has 0 spiro atoms. The maximum atomic E-state index is 12.1. The molecular formula is C29H52O4. The Kier molecular flexibility index (Phi) is 19.4. The minimum absolute atomic E-state index is 0.116. The van der Waals surface area contributed by atoms with E-state index >= 15 is 0 Å². The van der Waals surface area contributed by atoms with Gasteiger partial charge in [-0.15, -0.1) is 0 Å². The van der Waals surface area contributed by atoms with Crippen molar-refractivity contribution in [3.05, 3.63) is 24.3 Å². The second kappa shape index (κ2) is 21.4.